The van der Waals surface area contributed by atoms with Gasteiger partial charge in [-0.05, 0) is 80.1 Å². The smallest absolute Gasteiger partial charge is 0.408 e. The largest absolute Gasteiger partial charge is 0.465 e. The average Bonchev–Trinajstić information content (AvgIpc) is 3.11. The molecule has 3 aromatic rings. The van der Waals surface area contributed by atoms with Crippen LogP contribution < -0.4 is 5.32 Å². The molecule has 1 aliphatic rings. The molecule has 1 fully saturated rings. The molecule has 0 aliphatic carbocycles. The van der Waals surface area contributed by atoms with Gasteiger partial charge in [-0.1, -0.05) is 29.8 Å². The summed E-state index contributed by atoms with van der Waals surface area (Å²) in [5.41, 5.74) is 2.41. The molecule has 0 radical (unpaired) electrons. The maximum absolute atomic E-state index is 12.5. The van der Waals surface area contributed by atoms with Gasteiger partial charge in [0.2, 0.25) is 0 Å². The summed E-state index contributed by atoms with van der Waals surface area (Å²) in [6, 6.07) is 14.8. The first-order valence-electron chi connectivity index (χ1n) is 10.5. The van der Waals surface area contributed by atoms with Crippen LogP contribution in [0.15, 0.2) is 64.6 Å². The second-order valence-electron chi connectivity index (χ2n) is 8.76. The number of nitrogens with one attached hydrogen (secondary N) is 1. The zero-order valence-corrected chi connectivity index (χ0v) is 20.4. The maximum atomic E-state index is 12.5. The number of nitrogens with zero attached hydrogens (tertiary/aromatic N) is 3. The van der Waals surface area contributed by atoms with Gasteiger partial charge in [-0.2, -0.15) is 0 Å². The summed E-state index contributed by atoms with van der Waals surface area (Å²) in [5, 5.41) is 14.1. The van der Waals surface area contributed by atoms with E-state index in [4.69, 9.17) is 11.6 Å². The number of aliphatic imine (C=N–C) groups is 1. The number of benzene rings is 2. The van der Waals surface area contributed by atoms with Crippen molar-refractivity contribution >= 4 is 63.2 Å². The maximum Gasteiger partial charge on any atom is 0.408 e. The summed E-state index contributed by atoms with van der Waals surface area (Å²) in [4.78, 5) is 34.9. The fraction of sp³-hybridized carbons (Fsp3) is 0.200. The van der Waals surface area contributed by atoms with Gasteiger partial charge in [0.1, 0.15) is 0 Å². The quantitative estimate of drug-likeness (QED) is 0.430. The molecule has 1 saturated heterocycles. The van der Waals surface area contributed by atoms with Crippen molar-refractivity contribution in [1.82, 2.24) is 15.2 Å². The van der Waals surface area contributed by atoms with Crippen LogP contribution in [0.2, 0.25) is 5.02 Å². The Morgan fingerprint density at radius 3 is 2.76 bits per heavy atom. The Morgan fingerprint density at radius 1 is 1.24 bits per heavy atom. The number of carbonyl (C=O) groups is 2. The predicted molar refractivity (Wildman–Crippen MR) is 137 cm³/mol. The lowest BCUT2D eigenvalue weighted by Crippen LogP contribution is -2.44. The zero-order valence-electron chi connectivity index (χ0n) is 18.9. The van der Waals surface area contributed by atoms with Crippen LogP contribution in [0.4, 0.5) is 10.5 Å². The third-order valence-corrected chi connectivity index (χ3v) is 6.42. The number of thioether (sulfide) groups is 1. The van der Waals surface area contributed by atoms with E-state index in [-0.39, 0.29) is 12.5 Å². The van der Waals surface area contributed by atoms with E-state index in [1.54, 1.807) is 30.5 Å². The Labute approximate surface area is 206 Å². The predicted octanol–water partition coefficient (Wildman–Crippen LogP) is 6.06. The number of fused-ring (bicyclic) bond motifs is 1. The van der Waals surface area contributed by atoms with E-state index < -0.39 is 11.6 Å². The number of amidine groups is 1. The van der Waals surface area contributed by atoms with Crippen molar-refractivity contribution in [2.75, 3.05) is 0 Å². The summed E-state index contributed by atoms with van der Waals surface area (Å²) in [5.74, 6) is -0.243. The van der Waals surface area contributed by atoms with Crippen LogP contribution in [-0.2, 0) is 11.3 Å². The Kier molecular flexibility index (Phi) is 6.63. The second kappa shape index (κ2) is 9.48. The van der Waals surface area contributed by atoms with Gasteiger partial charge >= 0.3 is 6.09 Å². The molecule has 0 bridgehead atoms. The molecule has 4 rings (SSSR count). The first-order chi connectivity index (χ1) is 16.1. The van der Waals surface area contributed by atoms with E-state index in [9.17, 15) is 14.7 Å². The average molecular weight is 495 g/mol. The van der Waals surface area contributed by atoms with Crippen molar-refractivity contribution in [1.29, 1.82) is 0 Å². The summed E-state index contributed by atoms with van der Waals surface area (Å²) < 4.78 is 0. The lowest BCUT2D eigenvalue weighted by molar-refractivity contribution is -0.115. The van der Waals surface area contributed by atoms with E-state index in [0.29, 0.717) is 20.8 Å². The van der Waals surface area contributed by atoms with E-state index in [1.807, 2.05) is 51.1 Å². The molecular formula is C25H23ClN4O3S. The number of carboxylic acid groups (broad SMARTS) is 1. The van der Waals surface area contributed by atoms with E-state index in [2.05, 4.69) is 15.3 Å². The molecule has 1 aromatic heterocycles. The summed E-state index contributed by atoms with van der Waals surface area (Å²) in [6.45, 7) is 5.70. The highest BCUT2D eigenvalue weighted by Crippen LogP contribution is 2.32. The topological polar surface area (TPSA) is 94.9 Å². The van der Waals surface area contributed by atoms with Crippen LogP contribution in [-0.4, -0.2) is 37.7 Å². The molecule has 2 aromatic carbocycles. The highest BCUT2D eigenvalue weighted by atomic mass is 35.5. The second-order valence-corrected chi connectivity index (χ2v) is 10.2. The third kappa shape index (κ3) is 5.40. The fourth-order valence-corrected chi connectivity index (χ4v) is 4.44. The molecule has 0 unspecified atom stereocenters. The first kappa shape index (κ1) is 23.8. The van der Waals surface area contributed by atoms with Crippen LogP contribution in [0.5, 0.6) is 0 Å². The van der Waals surface area contributed by atoms with Gasteiger partial charge in [-0.3, -0.25) is 14.7 Å². The van der Waals surface area contributed by atoms with Gasteiger partial charge in [0.25, 0.3) is 5.91 Å². The van der Waals surface area contributed by atoms with E-state index in [1.165, 1.54) is 16.7 Å². The van der Waals surface area contributed by atoms with Crippen molar-refractivity contribution in [2.45, 2.75) is 32.9 Å². The SMILES string of the molecule is CC(C)(C)N(Cc1ccc(Cl)c(N=C2NC(=O)/C(=C/c3ccc4ncccc4c3)S2)c1)C(=O)O. The monoisotopic (exact) mass is 494 g/mol. The molecule has 174 valence electrons. The van der Waals surface area contributed by atoms with Crippen molar-refractivity contribution in [3.8, 4) is 0 Å². The summed E-state index contributed by atoms with van der Waals surface area (Å²) in [7, 11) is 0. The normalized spacial score (nSPS) is 16.3. The lowest BCUT2D eigenvalue weighted by atomic mass is 10.1. The summed E-state index contributed by atoms with van der Waals surface area (Å²) in [6.07, 6.45) is 2.54. The third-order valence-electron chi connectivity index (χ3n) is 5.19. The first-order valence-corrected chi connectivity index (χ1v) is 11.7. The Morgan fingerprint density at radius 2 is 2.03 bits per heavy atom. The van der Waals surface area contributed by atoms with E-state index >= 15 is 0 Å². The van der Waals surface area contributed by atoms with Gasteiger partial charge < -0.3 is 10.4 Å². The molecule has 1 aliphatic heterocycles. The van der Waals surface area contributed by atoms with Gasteiger partial charge in [0, 0.05) is 23.7 Å². The van der Waals surface area contributed by atoms with E-state index in [0.717, 1.165) is 22.0 Å². The van der Waals surface area contributed by atoms with Gasteiger partial charge in [0.05, 0.1) is 21.1 Å². The number of hydrogen-bond donors (Lipinski definition) is 2. The molecule has 9 heteroatoms. The van der Waals surface area contributed by atoms with Gasteiger partial charge in [-0.25, -0.2) is 9.79 Å². The highest BCUT2D eigenvalue weighted by Gasteiger charge is 2.27. The number of carbonyl (C=O) groups excluding carboxylic acids is 1. The highest BCUT2D eigenvalue weighted by molar-refractivity contribution is 8.18. The molecule has 0 spiro atoms. The number of aromatic nitrogens is 1. The molecule has 2 N–H and O–H groups in total. The molecule has 34 heavy (non-hydrogen) atoms. The Bertz CT molecular complexity index is 1350. The molecule has 2 amide bonds. The Hall–Kier alpha value is -3.36. The Balaban J connectivity index is 1.57. The van der Waals surface area contributed by atoms with Crippen LogP contribution in [0.1, 0.15) is 31.9 Å². The minimum Gasteiger partial charge on any atom is -0.465 e. The van der Waals surface area contributed by atoms with Crippen molar-refractivity contribution in [2.24, 2.45) is 4.99 Å². The van der Waals surface area contributed by atoms with Crippen molar-refractivity contribution in [3.05, 3.63) is 75.8 Å². The number of rotatable bonds is 4. The minimum absolute atomic E-state index is 0.190. The minimum atomic E-state index is -1.01. The standard InChI is InChI=1S/C25H23ClN4O3S/c1-25(2,3)30(24(32)33)14-16-6-8-18(26)20(12-16)28-23-29-22(31)21(34-23)13-15-7-9-19-17(11-15)5-4-10-27-19/h4-13H,14H2,1-3H3,(H,32,33)(H,28,29,31)/b21-13-. The van der Waals surface area contributed by atoms with Gasteiger partial charge in [0.15, 0.2) is 5.17 Å². The molecule has 2 heterocycles. The summed E-state index contributed by atoms with van der Waals surface area (Å²) >= 11 is 7.57. The number of amides is 2. The van der Waals surface area contributed by atoms with Crippen molar-refractivity contribution < 1.29 is 14.7 Å². The van der Waals surface area contributed by atoms with Crippen LogP contribution in [0.25, 0.3) is 17.0 Å². The zero-order chi connectivity index (χ0) is 24.5. The molecule has 7 nitrogen and oxygen atoms in total. The number of halogens is 1. The van der Waals surface area contributed by atoms with Crippen molar-refractivity contribution in [3.63, 3.8) is 0 Å². The van der Waals surface area contributed by atoms with Crippen LogP contribution >= 0.6 is 23.4 Å². The fourth-order valence-electron chi connectivity index (χ4n) is 3.44. The van der Waals surface area contributed by atoms with Crippen LogP contribution in [0, 0.1) is 0 Å². The van der Waals surface area contributed by atoms with Gasteiger partial charge in [-0.15, -0.1) is 0 Å². The van der Waals surface area contributed by atoms with Crippen LogP contribution in [0.3, 0.4) is 0 Å². The number of pyridine rings is 1. The molecule has 0 atom stereocenters. The number of hydrogen-bond acceptors (Lipinski definition) is 5. The molecular weight excluding hydrogens is 472 g/mol. The lowest BCUT2D eigenvalue weighted by Gasteiger charge is -2.33. The molecule has 0 saturated carbocycles.